The average Bonchev–Trinajstić information content (AvgIpc) is 2.70. The van der Waals surface area contributed by atoms with Gasteiger partial charge in [0.25, 0.3) is 0 Å². The second-order valence-electron chi connectivity index (χ2n) is 3.30. The van der Waals surface area contributed by atoms with Crippen LogP contribution >= 0.6 is 27.3 Å². The smallest absolute Gasteiger partial charge is 0.0564 e. The summed E-state index contributed by atoms with van der Waals surface area (Å²) in [5, 5.41) is 2.10. The van der Waals surface area contributed by atoms with Crippen LogP contribution in [-0.2, 0) is 6.54 Å². The molecule has 2 aromatic rings. The van der Waals surface area contributed by atoms with Crippen LogP contribution in [0.2, 0.25) is 0 Å². The van der Waals surface area contributed by atoms with E-state index in [0.29, 0.717) is 0 Å². The van der Waals surface area contributed by atoms with Crippen LogP contribution in [0.25, 0.3) is 0 Å². The van der Waals surface area contributed by atoms with Crippen molar-refractivity contribution < 1.29 is 0 Å². The zero-order valence-electron chi connectivity index (χ0n) is 8.35. The Morgan fingerprint density at radius 3 is 3.00 bits per heavy atom. The summed E-state index contributed by atoms with van der Waals surface area (Å²) in [5.41, 5.74) is 1.12. The molecule has 2 heterocycles. The fourth-order valence-corrected chi connectivity index (χ4v) is 2.45. The molecular formula is C11H11BrN2S. The summed E-state index contributed by atoms with van der Waals surface area (Å²) in [6, 6.07) is 6.29. The molecule has 2 nitrogen and oxygen atoms in total. The molecule has 0 aromatic carbocycles. The molecule has 0 bridgehead atoms. The van der Waals surface area contributed by atoms with Crippen molar-refractivity contribution in [2.24, 2.45) is 0 Å². The highest BCUT2D eigenvalue weighted by Gasteiger charge is 2.03. The lowest BCUT2D eigenvalue weighted by Gasteiger charge is -2.17. The first-order valence-corrected chi connectivity index (χ1v) is 6.27. The van der Waals surface area contributed by atoms with Gasteiger partial charge in [-0.1, -0.05) is 6.07 Å². The summed E-state index contributed by atoms with van der Waals surface area (Å²) < 4.78 is 1.01. The number of anilines is 1. The number of hydrogen-bond donors (Lipinski definition) is 0. The van der Waals surface area contributed by atoms with Gasteiger partial charge in [0, 0.05) is 22.6 Å². The van der Waals surface area contributed by atoms with Crippen molar-refractivity contribution in [2.75, 3.05) is 11.9 Å². The van der Waals surface area contributed by atoms with E-state index in [0.717, 1.165) is 16.7 Å². The lowest BCUT2D eigenvalue weighted by atomic mass is 10.3. The van der Waals surface area contributed by atoms with Gasteiger partial charge >= 0.3 is 0 Å². The Labute approximate surface area is 102 Å². The van der Waals surface area contributed by atoms with Gasteiger partial charge in [-0.2, -0.15) is 0 Å². The van der Waals surface area contributed by atoms with Gasteiger partial charge in [0.1, 0.15) is 0 Å². The molecule has 0 aliphatic heterocycles. The summed E-state index contributed by atoms with van der Waals surface area (Å²) in [7, 11) is 2.07. The first-order chi connectivity index (χ1) is 7.25. The number of aromatic nitrogens is 1. The van der Waals surface area contributed by atoms with Crippen LogP contribution in [0.3, 0.4) is 0 Å². The highest BCUT2D eigenvalue weighted by atomic mass is 79.9. The van der Waals surface area contributed by atoms with E-state index in [9.17, 15) is 0 Å². The van der Waals surface area contributed by atoms with Crippen LogP contribution < -0.4 is 4.90 Å². The van der Waals surface area contributed by atoms with Gasteiger partial charge in [-0.15, -0.1) is 11.3 Å². The van der Waals surface area contributed by atoms with Crippen LogP contribution in [0.5, 0.6) is 0 Å². The van der Waals surface area contributed by atoms with Crippen LogP contribution in [0.4, 0.5) is 5.69 Å². The number of halogens is 1. The molecule has 0 radical (unpaired) electrons. The van der Waals surface area contributed by atoms with Crippen LogP contribution in [-0.4, -0.2) is 12.0 Å². The Kier molecular flexibility index (Phi) is 3.38. The van der Waals surface area contributed by atoms with Crippen LogP contribution in [0.15, 0.2) is 40.4 Å². The molecule has 0 aliphatic carbocycles. The van der Waals surface area contributed by atoms with Crippen molar-refractivity contribution in [1.82, 2.24) is 4.98 Å². The van der Waals surface area contributed by atoms with Gasteiger partial charge < -0.3 is 4.90 Å². The molecule has 0 unspecified atom stereocenters. The quantitative estimate of drug-likeness (QED) is 0.856. The average molecular weight is 283 g/mol. The standard InChI is InChI=1S/C11H11BrN2S/c1-14(8-11-3-2-4-15-11)10-5-9(12)6-13-7-10/h2-7H,8H2,1H3. The predicted octanol–water partition coefficient (Wildman–Crippen LogP) is 3.54. The van der Waals surface area contributed by atoms with Crippen molar-refractivity contribution in [3.63, 3.8) is 0 Å². The SMILES string of the molecule is CN(Cc1cccs1)c1cncc(Br)c1. The van der Waals surface area contributed by atoms with Crippen molar-refractivity contribution >= 4 is 33.0 Å². The highest BCUT2D eigenvalue weighted by Crippen LogP contribution is 2.20. The molecule has 0 fully saturated rings. The normalized spacial score (nSPS) is 10.3. The van der Waals surface area contributed by atoms with E-state index >= 15 is 0 Å². The van der Waals surface area contributed by atoms with Crippen molar-refractivity contribution in [3.05, 3.63) is 45.3 Å². The predicted molar refractivity (Wildman–Crippen MR) is 68.4 cm³/mol. The van der Waals surface area contributed by atoms with Gasteiger partial charge in [-0.3, -0.25) is 4.98 Å². The molecule has 0 amide bonds. The summed E-state index contributed by atoms with van der Waals surface area (Å²) in [6.45, 7) is 0.926. The lowest BCUT2D eigenvalue weighted by Crippen LogP contribution is -2.15. The minimum absolute atomic E-state index is 0.926. The van der Waals surface area contributed by atoms with Crippen molar-refractivity contribution in [3.8, 4) is 0 Å². The van der Waals surface area contributed by atoms with E-state index in [2.05, 4.69) is 56.4 Å². The van der Waals surface area contributed by atoms with Gasteiger partial charge in [0.05, 0.1) is 18.4 Å². The van der Waals surface area contributed by atoms with E-state index in [-0.39, 0.29) is 0 Å². The van der Waals surface area contributed by atoms with Gasteiger partial charge in [-0.05, 0) is 33.4 Å². The van der Waals surface area contributed by atoms with E-state index in [1.807, 2.05) is 6.20 Å². The molecule has 0 saturated carbocycles. The number of pyridine rings is 1. The molecule has 0 N–H and O–H groups in total. The molecule has 78 valence electrons. The topological polar surface area (TPSA) is 16.1 Å². The van der Waals surface area contributed by atoms with Crippen molar-refractivity contribution in [2.45, 2.75) is 6.54 Å². The molecular weight excluding hydrogens is 272 g/mol. The van der Waals surface area contributed by atoms with E-state index in [1.54, 1.807) is 17.5 Å². The first-order valence-electron chi connectivity index (χ1n) is 4.60. The number of nitrogens with zero attached hydrogens (tertiary/aromatic N) is 2. The molecule has 0 saturated heterocycles. The molecule has 15 heavy (non-hydrogen) atoms. The van der Waals surface area contributed by atoms with Crippen LogP contribution in [0.1, 0.15) is 4.88 Å². The molecule has 4 heteroatoms. The third kappa shape index (κ3) is 2.79. The largest absolute Gasteiger partial charge is 0.368 e. The Bertz CT molecular complexity index is 428. The minimum Gasteiger partial charge on any atom is -0.368 e. The Hall–Kier alpha value is -0.870. The van der Waals surface area contributed by atoms with E-state index < -0.39 is 0 Å². The van der Waals surface area contributed by atoms with Gasteiger partial charge in [0.2, 0.25) is 0 Å². The van der Waals surface area contributed by atoms with Crippen molar-refractivity contribution in [1.29, 1.82) is 0 Å². The Morgan fingerprint density at radius 2 is 2.33 bits per heavy atom. The van der Waals surface area contributed by atoms with Gasteiger partial charge in [-0.25, -0.2) is 0 Å². The molecule has 0 aliphatic rings. The maximum Gasteiger partial charge on any atom is 0.0564 e. The van der Waals surface area contributed by atoms with Gasteiger partial charge in [0.15, 0.2) is 0 Å². The summed E-state index contributed by atoms with van der Waals surface area (Å²) in [4.78, 5) is 7.69. The summed E-state index contributed by atoms with van der Waals surface area (Å²) in [5.74, 6) is 0. The zero-order valence-corrected chi connectivity index (χ0v) is 10.8. The fraction of sp³-hybridized carbons (Fsp3) is 0.182. The number of hydrogen-bond acceptors (Lipinski definition) is 3. The van der Waals surface area contributed by atoms with E-state index in [4.69, 9.17) is 0 Å². The summed E-state index contributed by atoms with van der Waals surface area (Å²) >= 11 is 5.20. The highest BCUT2D eigenvalue weighted by molar-refractivity contribution is 9.10. The second kappa shape index (κ2) is 4.77. The number of rotatable bonds is 3. The summed E-state index contributed by atoms with van der Waals surface area (Å²) in [6.07, 6.45) is 3.67. The molecule has 0 atom stereocenters. The molecule has 2 aromatic heterocycles. The molecule has 2 rings (SSSR count). The third-order valence-corrected chi connectivity index (χ3v) is 3.40. The monoisotopic (exact) mass is 282 g/mol. The third-order valence-electron chi connectivity index (χ3n) is 2.10. The zero-order chi connectivity index (χ0) is 10.7. The Balaban J connectivity index is 2.11. The fourth-order valence-electron chi connectivity index (χ4n) is 1.34. The Morgan fingerprint density at radius 1 is 1.47 bits per heavy atom. The first kappa shape index (κ1) is 10.6. The minimum atomic E-state index is 0.926. The lowest BCUT2D eigenvalue weighted by molar-refractivity contribution is 0.933. The maximum atomic E-state index is 4.15. The van der Waals surface area contributed by atoms with E-state index in [1.165, 1.54) is 4.88 Å². The van der Waals surface area contributed by atoms with Crippen LogP contribution in [0, 0.1) is 0 Å². The maximum absolute atomic E-state index is 4.15. The molecule has 0 spiro atoms. The second-order valence-corrected chi connectivity index (χ2v) is 5.24. The number of thiophene rings is 1.